The summed E-state index contributed by atoms with van der Waals surface area (Å²) in [7, 11) is 3.60. The molecule has 0 bridgehead atoms. The lowest BCUT2D eigenvalue weighted by atomic mass is 10.2. The molecule has 1 aliphatic rings. The first kappa shape index (κ1) is 17.6. The van der Waals surface area contributed by atoms with Crippen molar-refractivity contribution in [1.29, 1.82) is 0 Å². The van der Waals surface area contributed by atoms with Crippen LogP contribution in [-0.2, 0) is 9.59 Å². The van der Waals surface area contributed by atoms with E-state index in [0.717, 1.165) is 38.0 Å². The molecule has 7 heteroatoms. The molecule has 0 radical (unpaired) electrons. The van der Waals surface area contributed by atoms with E-state index in [1.54, 1.807) is 30.6 Å². The average molecular weight is 336 g/mol. The fraction of sp³-hybridized carbons (Fsp3) is 0.562. The first-order valence-electron chi connectivity index (χ1n) is 7.87. The minimum atomic E-state index is -0.111. The van der Waals surface area contributed by atoms with Gasteiger partial charge >= 0.3 is 0 Å². The topological polar surface area (TPSA) is 65.5 Å². The van der Waals surface area contributed by atoms with Gasteiger partial charge in [-0.15, -0.1) is 11.3 Å². The van der Waals surface area contributed by atoms with Crippen molar-refractivity contribution in [1.82, 2.24) is 20.1 Å². The van der Waals surface area contributed by atoms with Gasteiger partial charge in [0.2, 0.25) is 11.8 Å². The van der Waals surface area contributed by atoms with Gasteiger partial charge in [-0.1, -0.05) is 0 Å². The minimum absolute atomic E-state index is 0.00487. The van der Waals surface area contributed by atoms with E-state index >= 15 is 0 Å². The van der Waals surface area contributed by atoms with Crippen LogP contribution in [-0.4, -0.2) is 66.4 Å². The monoisotopic (exact) mass is 336 g/mol. The van der Waals surface area contributed by atoms with Crippen molar-refractivity contribution < 1.29 is 9.59 Å². The number of carbonyl (C=O) groups is 2. The number of likely N-dealkylation sites (N-methyl/N-ethyl adjacent to an activating group) is 1. The zero-order chi connectivity index (χ0) is 16.7. The molecule has 0 aliphatic carbocycles. The van der Waals surface area contributed by atoms with Crippen LogP contribution in [0.5, 0.6) is 0 Å². The first-order chi connectivity index (χ1) is 11.1. The Balaban J connectivity index is 1.66. The Bertz CT molecular complexity index is 542. The molecule has 0 aromatic carbocycles. The number of nitrogens with zero attached hydrogens (tertiary/aromatic N) is 3. The van der Waals surface area contributed by atoms with Gasteiger partial charge in [0.05, 0.1) is 17.2 Å². The summed E-state index contributed by atoms with van der Waals surface area (Å²) in [6.45, 7) is 2.40. The zero-order valence-electron chi connectivity index (χ0n) is 13.7. The number of hydrogen-bond acceptors (Lipinski definition) is 5. The van der Waals surface area contributed by atoms with E-state index in [1.807, 2.05) is 5.38 Å². The summed E-state index contributed by atoms with van der Waals surface area (Å²) >= 11 is 1.50. The number of carbonyl (C=O) groups excluding carboxylic acids is 2. The lowest BCUT2D eigenvalue weighted by Crippen LogP contribution is -2.43. The molecule has 0 spiro atoms. The highest BCUT2D eigenvalue weighted by atomic mass is 32.1. The summed E-state index contributed by atoms with van der Waals surface area (Å²) < 4.78 is 0. The van der Waals surface area contributed by atoms with E-state index in [-0.39, 0.29) is 17.9 Å². The van der Waals surface area contributed by atoms with Crippen LogP contribution in [0.2, 0.25) is 0 Å². The van der Waals surface area contributed by atoms with Gasteiger partial charge in [-0.25, -0.2) is 4.98 Å². The summed E-state index contributed by atoms with van der Waals surface area (Å²) in [6, 6.07) is 0.00487. The van der Waals surface area contributed by atoms with Gasteiger partial charge in [0, 0.05) is 38.6 Å². The van der Waals surface area contributed by atoms with Crippen LogP contribution in [0.15, 0.2) is 17.0 Å². The Morgan fingerprint density at radius 3 is 3.04 bits per heavy atom. The molecule has 126 valence electrons. The number of likely N-dealkylation sites (tertiary alicyclic amines) is 1. The summed E-state index contributed by atoms with van der Waals surface area (Å²) in [5.41, 5.74) is 2.53. The molecular weight excluding hydrogens is 312 g/mol. The molecule has 2 rings (SSSR count). The normalized spacial score (nSPS) is 18.4. The third-order valence-electron chi connectivity index (χ3n) is 3.87. The van der Waals surface area contributed by atoms with Crippen molar-refractivity contribution in [3.8, 4) is 0 Å². The number of nitrogens with one attached hydrogen (secondary N) is 1. The fourth-order valence-corrected chi connectivity index (χ4v) is 3.21. The molecule has 0 saturated carbocycles. The predicted octanol–water partition coefficient (Wildman–Crippen LogP) is 1.22. The summed E-state index contributed by atoms with van der Waals surface area (Å²) in [6.07, 6.45) is 6.04. The molecule has 1 aromatic rings. The molecular formula is C16H24N4O2S. The number of amides is 2. The lowest BCUT2D eigenvalue weighted by molar-refractivity contribution is -0.133. The average Bonchev–Trinajstić information content (AvgIpc) is 3.20. The maximum atomic E-state index is 12.1. The Hall–Kier alpha value is -1.73. The molecule has 1 aromatic heterocycles. The van der Waals surface area contributed by atoms with Gasteiger partial charge in [0.25, 0.3) is 0 Å². The third kappa shape index (κ3) is 5.44. The SMILES string of the molecule is CN(C)C(=O)[C@@H]1CCCN1CCCNC(=O)/C=C\c1cscn1. The van der Waals surface area contributed by atoms with Gasteiger partial charge in [-0.2, -0.15) is 0 Å². The van der Waals surface area contributed by atoms with Crippen molar-refractivity contribution in [3.05, 3.63) is 22.7 Å². The van der Waals surface area contributed by atoms with Crippen LogP contribution in [0.3, 0.4) is 0 Å². The quantitative estimate of drug-likeness (QED) is 0.600. The third-order valence-corrected chi connectivity index (χ3v) is 4.47. The molecule has 1 saturated heterocycles. The lowest BCUT2D eigenvalue weighted by Gasteiger charge is -2.25. The molecule has 1 fully saturated rings. The zero-order valence-corrected chi connectivity index (χ0v) is 14.5. The molecule has 23 heavy (non-hydrogen) atoms. The maximum Gasteiger partial charge on any atom is 0.244 e. The minimum Gasteiger partial charge on any atom is -0.353 e. The smallest absolute Gasteiger partial charge is 0.244 e. The fourth-order valence-electron chi connectivity index (χ4n) is 2.69. The molecule has 6 nitrogen and oxygen atoms in total. The molecule has 1 atom stereocenters. The Labute approximate surface area is 141 Å². The van der Waals surface area contributed by atoms with Crippen LogP contribution in [0.4, 0.5) is 0 Å². The summed E-state index contributed by atoms with van der Waals surface area (Å²) in [5.74, 6) is 0.0677. The first-order valence-corrected chi connectivity index (χ1v) is 8.81. The highest BCUT2D eigenvalue weighted by molar-refractivity contribution is 7.07. The van der Waals surface area contributed by atoms with Crippen LogP contribution in [0.25, 0.3) is 6.08 Å². The second kappa shape index (κ2) is 8.79. The summed E-state index contributed by atoms with van der Waals surface area (Å²) in [4.78, 5) is 31.8. The second-order valence-corrected chi connectivity index (χ2v) is 6.54. The standard InChI is InChI=1S/C16H24N4O2S/c1-19(2)16(22)14-5-3-9-20(14)10-4-8-17-15(21)7-6-13-11-23-12-18-13/h6-7,11-12,14H,3-5,8-10H2,1-2H3,(H,17,21)/b7-6-/t14-/m0/s1. The number of rotatable bonds is 7. The second-order valence-electron chi connectivity index (χ2n) is 5.82. The van der Waals surface area contributed by atoms with E-state index in [9.17, 15) is 9.59 Å². The predicted molar refractivity (Wildman–Crippen MR) is 92.1 cm³/mol. The van der Waals surface area contributed by atoms with E-state index in [0.29, 0.717) is 6.54 Å². The van der Waals surface area contributed by atoms with Crippen LogP contribution < -0.4 is 5.32 Å². The molecule has 1 N–H and O–H groups in total. The van der Waals surface area contributed by atoms with Gasteiger partial charge in [0.1, 0.15) is 0 Å². The largest absolute Gasteiger partial charge is 0.353 e. The van der Waals surface area contributed by atoms with Crippen molar-refractivity contribution in [3.63, 3.8) is 0 Å². The van der Waals surface area contributed by atoms with E-state index < -0.39 is 0 Å². The maximum absolute atomic E-state index is 12.1. The van der Waals surface area contributed by atoms with E-state index in [1.165, 1.54) is 17.4 Å². The van der Waals surface area contributed by atoms with Crippen molar-refractivity contribution in [2.45, 2.75) is 25.3 Å². The van der Waals surface area contributed by atoms with Gasteiger partial charge in [-0.3, -0.25) is 14.5 Å². The van der Waals surface area contributed by atoms with Crippen molar-refractivity contribution in [2.24, 2.45) is 0 Å². The number of hydrogen-bond donors (Lipinski definition) is 1. The molecule has 2 heterocycles. The number of aromatic nitrogens is 1. The molecule has 1 aliphatic heterocycles. The van der Waals surface area contributed by atoms with Crippen molar-refractivity contribution >= 4 is 29.2 Å². The Kier molecular flexibility index (Phi) is 6.73. The molecule has 0 unspecified atom stereocenters. The highest BCUT2D eigenvalue weighted by Crippen LogP contribution is 2.18. The number of thiazole rings is 1. The van der Waals surface area contributed by atoms with Crippen molar-refractivity contribution in [2.75, 3.05) is 33.7 Å². The summed E-state index contributed by atoms with van der Waals surface area (Å²) in [5, 5.41) is 4.75. The van der Waals surface area contributed by atoms with Crippen LogP contribution in [0.1, 0.15) is 25.0 Å². The van der Waals surface area contributed by atoms with E-state index in [2.05, 4.69) is 15.2 Å². The van der Waals surface area contributed by atoms with Gasteiger partial charge in [0.15, 0.2) is 0 Å². The van der Waals surface area contributed by atoms with Gasteiger partial charge in [-0.05, 0) is 31.9 Å². The Morgan fingerprint density at radius 2 is 2.35 bits per heavy atom. The Morgan fingerprint density at radius 1 is 1.52 bits per heavy atom. The van der Waals surface area contributed by atoms with Crippen LogP contribution in [0, 0.1) is 0 Å². The molecule has 2 amide bonds. The van der Waals surface area contributed by atoms with Crippen LogP contribution >= 0.6 is 11.3 Å². The van der Waals surface area contributed by atoms with Gasteiger partial charge < -0.3 is 10.2 Å². The highest BCUT2D eigenvalue weighted by Gasteiger charge is 2.30. The van der Waals surface area contributed by atoms with E-state index in [4.69, 9.17) is 0 Å².